The van der Waals surface area contributed by atoms with Crippen LogP contribution < -0.4 is 5.32 Å². The normalized spacial score (nSPS) is 11.2. The number of carbonyl (C=O) groups is 2. The summed E-state index contributed by atoms with van der Waals surface area (Å²) in [6.45, 7) is 1.49. The first-order valence-corrected chi connectivity index (χ1v) is 8.31. The average molecular weight is 345 g/mol. The Balaban J connectivity index is 1.79. The Morgan fingerprint density at radius 2 is 1.62 bits per heavy atom. The SMILES string of the molecule is CC(=O)N/C(=C\c1ccccc1)C(=O)OCc1cccc2ccccc12. The molecule has 0 atom stereocenters. The summed E-state index contributed by atoms with van der Waals surface area (Å²) in [5.74, 6) is -0.897. The number of rotatable bonds is 5. The van der Waals surface area contributed by atoms with Gasteiger partial charge in [-0.3, -0.25) is 4.79 Å². The zero-order valence-corrected chi connectivity index (χ0v) is 14.4. The second-order valence-electron chi connectivity index (χ2n) is 5.86. The highest BCUT2D eigenvalue weighted by atomic mass is 16.5. The van der Waals surface area contributed by atoms with Gasteiger partial charge in [0.25, 0.3) is 0 Å². The lowest BCUT2D eigenvalue weighted by Gasteiger charge is -2.11. The van der Waals surface area contributed by atoms with E-state index in [0.717, 1.165) is 21.9 Å². The van der Waals surface area contributed by atoms with Crippen LogP contribution in [0.5, 0.6) is 0 Å². The van der Waals surface area contributed by atoms with Gasteiger partial charge >= 0.3 is 5.97 Å². The fourth-order valence-electron chi connectivity index (χ4n) is 2.69. The molecule has 0 heterocycles. The first kappa shape index (κ1) is 17.4. The number of hydrogen-bond donors (Lipinski definition) is 1. The molecule has 0 bridgehead atoms. The predicted octanol–water partition coefficient (Wildman–Crippen LogP) is 4.06. The minimum absolute atomic E-state index is 0.115. The Hall–Kier alpha value is -3.40. The van der Waals surface area contributed by atoms with Crippen molar-refractivity contribution in [3.05, 3.63) is 89.6 Å². The number of carbonyl (C=O) groups excluding carboxylic acids is 2. The maximum absolute atomic E-state index is 12.5. The fourth-order valence-corrected chi connectivity index (χ4v) is 2.69. The van der Waals surface area contributed by atoms with E-state index in [1.807, 2.05) is 72.8 Å². The monoisotopic (exact) mass is 345 g/mol. The van der Waals surface area contributed by atoms with Gasteiger partial charge in [0.1, 0.15) is 12.3 Å². The Morgan fingerprint density at radius 3 is 2.38 bits per heavy atom. The average Bonchev–Trinajstić information content (AvgIpc) is 2.66. The molecule has 0 aromatic heterocycles. The zero-order chi connectivity index (χ0) is 18.4. The molecule has 0 unspecified atom stereocenters. The molecule has 3 aromatic rings. The zero-order valence-electron chi connectivity index (χ0n) is 14.4. The minimum Gasteiger partial charge on any atom is -0.456 e. The Labute approximate surface area is 152 Å². The molecule has 3 rings (SSSR count). The van der Waals surface area contributed by atoms with Crippen LogP contribution in [0.3, 0.4) is 0 Å². The molecule has 0 fully saturated rings. The fraction of sp³-hybridized carbons (Fsp3) is 0.0909. The van der Waals surface area contributed by atoms with Crippen molar-refractivity contribution in [1.82, 2.24) is 5.32 Å². The van der Waals surface area contributed by atoms with Crippen LogP contribution in [0.25, 0.3) is 16.8 Å². The van der Waals surface area contributed by atoms with Gasteiger partial charge in [0.2, 0.25) is 5.91 Å². The summed E-state index contributed by atoms with van der Waals surface area (Å²) in [6.07, 6.45) is 1.60. The minimum atomic E-state index is -0.572. The lowest BCUT2D eigenvalue weighted by atomic mass is 10.1. The lowest BCUT2D eigenvalue weighted by molar-refractivity contribution is -0.141. The number of esters is 1. The Morgan fingerprint density at radius 1 is 0.923 bits per heavy atom. The molecule has 3 aromatic carbocycles. The van der Waals surface area contributed by atoms with E-state index in [0.29, 0.717) is 0 Å². The number of nitrogens with one attached hydrogen (secondary N) is 1. The highest BCUT2D eigenvalue weighted by Gasteiger charge is 2.13. The summed E-state index contributed by atoms with van der Waals surface area (Å²) >= 11 is 0. The van der Waals surface area contributed by atoms with E-state index in [-0.39, 0.29) is 18.2 Å². The van der Waals surface area contributed by atoms with Crippen LogP contribution in [0.4, 0.5) is 0 Å². The van der Waals surface area contributed by atoms with Crippen LogP contribution in [-0.2, 0) is 20.9 Å². The van der Waals surface area contributed by atoms with Gasteiger partial charge in [-0.1, -0.05) is 72.8 Å². The largest absolute Gasteiger partial charge is 0.456 e. The van der Waals surface area contributed by atoms with Gasteiger partial charge < -0.3 is 10.1 Å². The molecule has 4 heteroatoms. The molecule has 0 aliphatic rings. The van der Waals surface area contributed by atoms with E-state index in [1.165, 1.54) is 6.92 Å². The second kappa shape index (κ2) is 8.12. The van der Waals surface area contributed by atoms with Crippen molar-refractivity contribution in [3.63, 3.8) is 0 Å². The van der Waals surface area contributed by atoms with Gasteiger partial charge in [0.05, 0.1) is 0 Å². The molecule has 130 valence electrons. The Kier molecular flexibility index (Phi) is 5.44. The third kappa shape index (κ3) is 4.36. The van der Waals surface area contributed by atoms with Gasteiger partial charge in [-0.2, -0.15) is 0 Å². The summed E-state index contributed by atoms with van der Waals surface area (Å²) in [7, 11) is 0. The highest BCUT2D eigenvalue weighted by Crippen LogP contribution is 2.19. The summed E-state index contributed by atoms with van der Waals surface area (Å²) < 4.78 is 5.45. The van der Waals surface area contributed by atoms with Crippen LogP contribution in [0.1, 0.15) is 18.1 Å². The van der Waals surface area contributed by atoms with E-state index in [9.17, 15) is 9.59 Å². The molecule has 0 aliphatic carbocycles. The van der Waals surface area contributed by atoms with Crippen molar-refractivity contribution in [1.29, 1.82) is 0 Å². The molecule has 0 aliphatic heterocycles. The maximum atomic E-state index is 12.5. The van der Waals surface area contributed by atoms with Crippen LogP contribution in [-0.4, -0.2) is 11.9 Å². The van der Waals surface area contributed by atoms with Gasteiger partial charge in [0.15, 0.2) is 0 Å². The number of ether oxygens (including phenoxy) is 1. The Bertz CT molecular complexity index is 956. The topological polar surface area (TPSA) is 55.4 Å². The molecule has 0 saturated heterocycles. The smallest absolute Gasteiger partial charge is 0.355 e. The number of hydrogen-bond acceptors (Lipinski definition) is 3. The van der Waals surface area contributed by atoms with Crippen molar-refractivity contribution < 1.29 is 14.3 Å². The van der Waals surface area contributed by atoms with Crippen molar-refractivity contribution in [3.8, 4) is 0 Å². The van der Waals surface area contributed by atoms with Crippen molar-refractivity contribution in [2.75, 3.05) is 0 Å². The summed E-state index contributed by atoms with van der Waals surface area (Å²) in [4.78, 5) is 23.9. The molecular weight excluding hydrogens is 326 g/mol. The predicted molar refractivity (Wildman–Crippen MR) is 102 cm³/mol. The quantitative estimate of drug-likeness (QED) is 0.560. The number of fused-ring (bicyclic) bond motifs is 1. The molecular formula is C22H19NO3. The van der Waals surface area contributed by atoms with E-state index < -0.39 is 5.97 Å². The van der Waals surface area contributed by atoms with E-state index >= 15 is 0 Å². The molecule has 0 radical (unpaired) electrons. The summed E-state index contributed by atoms with van der Waals surface area (Å²) in [5.41, 5.74) is 1.83. The summed E-state index contributed by atoms with van der Waals surface area (Å²) in [5, 5.41) is 4.67. The molecule has 0 saturated carbocycles. The number of amides is 1. The van der Waals surface area contributed by atoms with Crippen LogP contribution >= 0.6 is 0 Å². The molecule has 26 heavy (non-hydrogen) atoms. The van der Waals surface area contributed by atoms with Gasteiger partial charge in [0, 0.05) is 6.92 Å². The highest BCUT2D eigenvalue weighted by molar-refractivity contribution is 5.97. The third-order valence-corrected chi connectivity index (χ3v) is 3.88. The summed E-state index contributed by atoms with van der Waals surface area (Å²) in [6, 6.07) is 23.1. The second-order valence-corrected chi connectivity index (χ2v) is 5.86. The maximum Gasteiger partial charge on any atom is 0.355 e. The van der Waals surface area contributed by atoms with Gasteiger partial charge in [-0.05, 0) is 28.0 Å². The van der Waals surface area contributed by atoms with Crippen molar-refractivity contribution in [2.24, 2.45) is 0 Å². The van der Waals surface area contributed by atoms with E-state index in [4.69, 9.17) is 4.74 Å². The van der Waals surface area contributed by atoms with Gasteiger partial charge in [-0.25, -0.2) is 4.79 Å². The van der Waals surface area contributed by atoms with E-state index in [2.05, 4.69) is 5.32 Å². The van der Waals surface area contributed by atoms with Gasteiger partial charge in [-0.15, -0.1) is 0 Å². The third-order valence-electron chi connectivity index (χ3n) is 3.88. The molecule has 1 amide bonds. The van der Waals surface area contributed by atoms with Crippen LogP contribution in [0.15, 0.2) is 78.5 Å². The lowest BCUT2D eigenvalue weighted by Crippen LogP contribution is -2.26. The van der Waals surface area contributed by atoms with Crippen molar-refractivity contribution >= 4 is 28.7 Å². The van der Waals surface area contributed by atoms with Crippen LogP contribution in [0.2, 0.25) is 0 Å². The first-order chi connectivity index (χ1) is 12.6. The van der Waals surface area contributed by atoms with E-state index in [1.54, 1.807) is 6.08 Å². The standard InChI is InChI=1S/C22H19NO3/c1-16(24)23-21(14-17-8-3-2-4-9-17)22(25)26-15-19-12-7-11-18-10-5-6-13-20(18)19/h2-14H,15H2,1H3,(H,23,24)/b21-14-. The first-order valence-electron chi connectivity index (χ1n) is 8.31. The van der Waals surface area contributed by atoms with Crippen molar-refractivity contribution in [2.45, 2.75) is 13.5 Å². The molecule has 4 nitrogen and oxygen atoms in total. The number of benzene rings is 3. The molecule has 1 N–H and O–H groups in total. The molecule has 0 spiro atoms. The van der Waals surface area contributed by atoms with Crippen LogP contribution in [0, 0.1) is 0 Å².